The molecule has 0 radical (unpaired) electrons. The van der Waals surface area contributed by atoms with E-state index in [9.17, 15) is 0 Å². The van der Waals surface area contributed by atoms with Gasteiger partial charge in [-0.3, -0.25) is 4.98 Å². The van der Waals surface area contributed by atoms with E-state index in [1.165, 1.54) is 32.1 Å². The highest BCUT2D eigenvalue weighted by atomic mass is 32.1. The Morgan fingerprint density at radius 2 is 2.10 bits per heavy atom. The number of para-hydroxylation sites is 1. The van der Waals surface area contributed by atoms with Crippen molar-refractivity contribution in [2.75, 3.05) is 5.32 Å². The van der Waals surface area contributed by atoms with Gasteiger partial charge in [-0.2, -0.15) is 4.98 Å². The zero-order chi connectivity index (χ0) is 14.1. The quantitative estimate of drug-likeness (QED) is 0.762. The minimum atomic E-state index is 0.499. The summed E-state index contributed by atoms with van der Waals surface area (Å²) in [6, 6.07) is 7.22. The lowest BCUT2D eigenvalue weighted by Gasteiger charge is -2.21. The first-order valence-corrected chi connectivity index (χ1v) is 8.33. The maximum Gasteiger partial charge on any atom is 0.295 e. The number of anilines is 1. The Balaban J connectivity index is 1.67. The van der Waals surface area contributed by atoms with Crippen LogP contribution >= 0.6 is 11.3 Å². The van der Waals surface area contributed by atoms with Crippen LogP contribution < -0.4 is 5.32 Å². The van der Waals surface area contributed by atoms with Gasteiger partial charge in [-0.1, -0.05) is 25.3 Å². The van der Waals surface area contributed by atoms with Gasteiger partial charge in [0.1, 0.15) is 5.52 Å². The van der Waals surface area contributed by atoms with Gasteiger partial charge in [-0.05, 0) is 25.0 Å². The van der Waals surface area contributed by atoms with Gasteiger partial charge in [0.25, 0.3) is 6.01 Å². The molecule has 2 aromatic heterocycles. The fraction of sp³-hybridized carbons (Fsp3) is 0.375. The van der Waals surface area contributed by atoms with Gasteiger partial charge >= 0.3 is 0 Å². The molecule has 4 nitrogen and oxygen atoms in total. The van der Waals surface area contributed by atoms with E-state index in [0.717, 1.165) is 21.5 Å². The van der Waals surface area contributed by atoms with Crippen LogP contribution in [0, 0.1) is 0 Å². The van der Waals surface area contributed by atoms with Crippen molar-refractivity contribution in [3.63, 3.8) is 0 Å². The molecule has 1 aliphatic carbocycles. The molecule has 1 N–H and O–H groups in total. The van der Waals surface area contributed by atoms with Crippen LogP contribution in [0.2, 0.25) is 0 Å². The summed E-state index contributed by atoms with van der Waals surface area (Å²) in [4.78, 5) is 9.84. The molecular formula is C16H17N3OS. The van der Waals surface area contributed by atoms with Crippen molar-refractivity contribution in [1.29, 1.82) is 0 Å². The van der Waals surface area contributed by atoms with Gasteiger partial charge in [0, 0.05) is 17.8 Å². The molecule has 0 aliphatic heterocycles. The molecule has 0 unspecified atom stereocenters. The summed E-state index contributed by atoms with van der Waals surface area (Å²) >= 11 is 1.62. The Kier molecular flexibility index (Phi) is 3.35. The van der Waals surface area contributed by atoms with Crippen LogP contribution in [0.25, 0.3) is 21.5 Å². The first kappa shape index (κ1) is 12.8. The maximum atomic E-state index is 5.98. The van der Waals surface area contributed by atoms with Crippen LogP contribution in [0.4, 0.5) is 6.01 Å². The molecule has 5 heteroatoms. The third-order valence-corrected chi connectivity index (χ3v) is 4.85. The summed E-state index contributed by atoms with van der Waals surface area (Å²) in [5, 5.41) is 3.45. The van der Waals surface area contributed by atoms with E-state index in [1.54, 1.807) is 11.3 Å². The number of oxazole rings is 1. The average Bonchev–Trinajstić information content (AvgIpc) is 3.16. The lowest BCUT2D eigenvalue weighted by molar-refractivity contribution is 0.451. The van der Waals surface area contributed by atoms with Crippen LogP contribution in [0.15, 0.2) is 34.3 Å². The van der Waals surface area contributed by atoms with E-state index in [-0.39, 0.29) is 0 Å². The van der Waals surface area contributed by atoms with Crippen LogP contribution in [-0.4, -0.2) is 16.0 Å². The predicted molar refractivity (Wildman–Crippen MR) is 85.6 cm³/mol. The minimum absolute atomic E-state index is 0.499. The van der Waals surface area contributed by atoms with Crippen molar-refractivity contribution in [3.05, 3.63) is 29.9 Å². The Bertz CT molecular complexity index is 729. The number of rotatable bonds is 3. The number of benzene rings is 1. The Labute approximate surface area is 127 Å². The van der Waals surface area contributed by atoms with E-state index >= 15 is 0 Å². The van der Waals surface area contributed by atoms with Gasteiger partial charge < -0.3 is 9.73 Å². The van der Waals surface area contributed by atoms with Crippen molar-refractivity contribution >= 4 is 28.5 Å². The third-order valence-electron chi connectivity index (χ3n) is 4.05. The predicted octanol–water partition coefficient (Wildman–Crippen LogP) is 4.70. The molecule has 0 spiro atoms. The van der Waals surface area contributed by atoms with Crippen LogP contribution in [0.5, 0.6) is 0 Å². The van der Waals surface area contributed by atoms with E-state index in [1.807, 2.05) is 23.8 Å². The highest BCUT2D eigenvalue weighted by molar-refractivity contribution is 7.13. The Hall–Kier alpha value is -1.88. The highest BCUT2D eigenvalue weighted by Gasteiger charge is 2.17. The van der Waals surface area contributed by atoms with E-state index in [4.69, 9.17) is 4.42 Å². The summed E-state index contributed by atoms with van der Waals surface area (Å²) in [7, 11) is 0. The van der Waals surface area contributed by atoms with E-state index in [0.29, 0.717) is 12.1 Å². The summed E-state index contributed by atoms with van der Waals surface area (Å²) < 4.78 is 5.98. The maximum absolute atomic E-state index is 5.98. The van der Waals surface area contributed by atoms with Crippen molar-refractivity contribution in [2.45, 2.75) is 38.1 Å². The van der Waals surface area contributed by atoms with Crippen LogP contribution in [0.3, 0.4) is 0 Å². The van der Waals surface area contributed by atoms with Gasteiger partial charge in [0.15, 0.2) is 5.58 Å². The standard InChI is InChI=1S/C16H17N3OS/c1-2-5-11(6-3-1)18-16-19-13-8-4-7-12(15(13)20-16)14-9-17-10-21-14/h4,7-11H,1-3,5-6H2,(H,18,19). The largest absolute Gasteiger partial charge is 0.423 e. The lowest BCUT2D eigenvalue weighted by Crippen LogP contribution is -2.22. The Morgan fingerprint density at radius 1 is 1.19 bits per heavy atom. The average molecular weight is 299 g/mol. The van der Waals surface area contributed by atoms with E-state index in [2.05, 4.69) is 21.4 Å². The van der Waals surface area contributed by atoms with Crippen LogP contribution in [-0.2, 0) is 0 Å². The summed E-state index contributed by atoms with van der Waals surface area (Å²) in [6.45, 7) is 0. The molecule has 1 saturated carbocycles. The minimum Gasteiger partial charge on any atom is -0.423 e. The van der Waals surface area contributed by atoms with Gasteiger partial charge in [-0.15, -0.1) is 11.3 Å². The van der Waals surface area contributed by atoms with Crippen molar-refractivity contribution in [1.82, 2.24) is 9.97 Å². The molecule has 2 heterocycles. The molecule has 0 amide bonds. The molecule has 21 heavy (non-hydrogen) atoms. The molecule has 0 bridgehead atoms. The second-order valence-electron chi connectivity index (χ2n) is 5.52. The normalized spacial score (nSPS) is 16.4. The molecular weight excluding hydrogens is 282 g/mol. The third kappa shape index (κ3) is 2.53. The van der Waals surface area contributed by atoms with Gasteiger partial charge in [-0.25, -0.2) is 0 Å². The topological polar surface area (TPSA) is 51.0 Å². The molecule has 0 atom stereocenters. The number of hydrogen-bond donors (Lipinski definition) is 1. The first-order chi connectivity index (χ1) is 10.4. The number of thiazole rings is 1. The lowest BCUT2D eigenvalue weighted by atomic mass is 9.96. The molecule has 1 fully saturated rings. The number of nitrogens with zero attached hydrogens (tertiary/aromatic N) is 2. The molecule has 1 aliphatic rings. The molecule has 0 saturated heterocycles. The number of aromatic nitrogens is 2. The highest BCUT2D eigenvalue weighted by Crippen LogP contribution is 2.33. The summed E-state index contributed by atoms with van der Waals surface area (Å²) in [6.07, 6.45) is 8.23. The van der Waals surface area contributed by atoms with E-state index < -0.39 is 0 Å². The van der Waals surface area contributed by atoms with Crippen molar-refractivity contribution in [2.24, 2.45) is 0 Å². The summed E-state index contributed by atoms with van der Waals surface area (Å²) in [5.74, 6) is 0. The Morgan fingerprint density at radius 3 is 2.90 bits per heavy atom. The number of hydrogen-bond acceptors (Lipinski definition) is 5. The monoisotopic (exact) mass is 299 g/mol. The zero-order valence-corrected chi connectivity index (χ0v) is 12.5. The molecule has 4 rings (SSSR count). The molecule has 1 aromatic carbocycles. The van der Waals surface area contributed by atoms with Crippen LogP contribution in [0.1, 0.15) is 32.1 Å². The fourth-order valence-corrected chi connectivity index (χ4v) is 3.62. The van der Waals surface area contributed by atoms with Gasteiger partial charge in [0.05, 0.1) is 10.4 Å². The summed E-state index contributed by atoms with van der Waals surface area (Å²) in [5.41, 5.74) is 4.66. The molecule has 3 aromatic rings. The van der Waals surface area contributed by atoms with Crippen molar-refractivity contribution in [3.8, 4) is 10.4 Å². The van der Waals surface area contributed by atoms with Crippen molar-refractivity contribution < 1.29 is 4.42 Å². The van der Waals surface area contributed by atoms with Gasteiger partial charge in [0.2, 0.25) is 0 Å². The zero-order valence-electron chi connectivity index (χ0n) is 11.7. The fourth-order valence-electron chi connectivity index (χ4n) is 2.98. The number of fused-ring (bicyclic) bond motifs is 1. The smallest absolute Gasteiger partial charge is 0.295 e. The molecule has 108 valence electrons. The second-order valence-corrected chi connectivity index (χ2v) is 6.40. The number of nitrogens with one attached hydrogen (secondary N) is 1. The first-order valence-electron chi connectivity index (χ1n) is 7.45. The second kappa shape index (κ2) is 5.48. The SMILES string of the molecule is c1cc(-c2cncs2)c2oc(NC3CCCCC3)nc2c1.